The third-order valence-electron chi connectivity index (χ3n) is 2.80. The van der Waals surface area contributed by atoms with Gasteiger partial charge in [0.1, 0.15) is 6.04 Å². The zero-order valence-corrected chi connectivity index (χ0v) is 10.7. The molecular formula is C12H24N2O3. The van der Waals surface area contributed by atoms with Crippen LogP contribution < -0.4 is 11.1 Å². The zero-order chi connectivity index (χ0) is 13.3. The van der Waals surface area contributed by atoms with E-state index in [2.05, 4.69) is 12.2 Å². The molecule has 5 nitrogen and oxygen atoms in total. The number of carbonyl (C=O) groups excluding carboxylic acids is 1. The van der Waals surface area contributed by atoms with Gasteiger partial charge in [0.2, 0.25) is 5.91 Å². The number of carboxylic acid groups (broad SMARTS) is 1. The quantitative estimate of drug-likeness (QED) is 0.566. The first kappa shape index (κ1) is 15.9. The Morgan fingerprint density at radius 2 is 1.94 bits per heavy atom. The van der Waals surface area contributed by atoms with Crippen LogP contribution >= 0.6 is 0 Å². The Bertz CT molecular complexity index is 238. The first-order valence-electron chi connectivity index (χ1n) is 6.23. The Morgan fingerprint density at radius 1 is 1.29 bits per heavy atom. The maximum atomic E-state index is 11.5. The van der Waals surface area contributed by atoms with Gasteiger partial charge in [0.05, 0.1) is 0 Å². The molecule has 0 aromatic heterocycles. The fourth-order valence-corrected chi connectivity index (χ4v) is 1.79. The van der Waals surface area contributed by atoms with Gasteiger partial charge in [0.15, 0.2) is 0 Å². The molecule has 4 N–H and O–H groups in total. The molecule has 100 valence electrons. The smallest absolute Gasteiger partial charge is 0.325 e. The molecule has 0 rings (SSSR count). The van der Waals surface area contributed by atoms with Gasteiger partial charge in [-0.25, -0.2) is 0 Å². The molecule has 0 bridgehead atoms. The fourth-order valence-electron chi connectivity index (χ4n) is 1.79. The third-order valence-corrected chi connectivity index (χ3v) is 2.80. The van der Waals surface area contributed by atoms with Gasteiger partial charge in [-0.05, 0) is 32.2 Å². The van der Waals surface area contributed by atoms with Crippen molar-refractivity contribution < 1.29 is 14.7 Å². The summed E-state index contributed by atoms with van der Waals surface area (Å²) < 4.78 is 0. The van der Waals surface area contributed by atoms with Crippen molar-refractivity contribution >= 4 is 11.9 Å². The van der Waals surface area contributed by atoms with Gasteiger partial charge in [-0.3, -0.25) is 9.59 Å². The Labute approximate surface area is 103 Å². The lowest BCUT2D eigenvalue weighted by Gasteiger charge is -2.15. The van der Waals surface area contributed by atoms with Crippen molar-refractivity contribution in [3.8, 4) is 0 Å². The van der Waals surface area contributed by atoms with Crippen LogP contribution in [0.4, 0.5) is 0 Å². The molecule has 0 spiro atoms. The van der Waals surface area contributed by atoms with E-state index in [1.165, 1.54) is 6.92 Å². The highest BCUT2D eigenvalue weighted by molar-refractivity contribution is 5.83. The molecule has 0 radical (unpaired) electrons. The van der Waals surface area contributed by atoms with Gasteiger partial charge in [-0.2, -0.15) is 0 Å². The Hall–Kier alpha value is -1.10. The number of carbonyl (C=O) groups is 2. The summed E-state index contributed by atoms with van der Waals surface area (Å²) in [6, 6.07) is -0.818. The highest BCUT2D eigenvalue weighted by Crippen LogP contribution is 2.16. The Kier molecular flexibility index (Phi) is 8.40. The fraction of sp³-hybridized carbons (Fsp3) is 0.833. The number of rotatable bonds is 9. The van der Waals surface area contributed by atoms with Crippen molar-refractivity contribution in [2.75, 3.05) is 6.54 Å². The number of nitrogens with one attached hydrogen (secondary N) is 1. The number of carboxylic acids is 1. The summed E-state index contributed by atoms with van der Waals surface area (Å²) in [7, 11) is 0. The monoisotopic (exact) mass is 244 g/mol. The normalized spacial score (nSPS) is 14.1. The number of nitrogens with two attached hydrogens (primary N) is 1. The van der Waals surface area contributed by atoms with Crippen molar-refractivity contribution in [3.63, 3.8) is 0 Å². The van der Waals surface area contributed by atoms with Crippen molar-refractivity contribution in [3.05, 3.63) is 0 Å². The highest BCUT2D eigenvalue weighted by atomic mass is 16.4. The second kappa shape index (κ2) is 8.98. The zero-order valence-electron chi connectivity index (χ0n) is 10.7. The van der Waals surface area contributed by atoms with Crippen LogP contribution in [0, 0.1) is 5.92 Å². The topological polar surface area (TPSA) is 92.4 Å². The van der Waals surface area contributed by atoms with E-state index in [9.17, 15) is 9.59 Å². The number of hydrogen-bond donors (Lipinski definition) is 3. The molecule has 0 aromatic carbocycles. The van der Waals surface area contributed by atoms with E-state index in [-0.39, 0.29) is 5.91 Å². The molecule has 0 aromatic rings. The van der Waals surface area contributed by atoms with Gasteiger partial charge < -0.3 is 16.2 Å². The second-order valence-corrected chi connectivity index (χ2v) is 4.40. The predicted molar refractivity (Wildman–Crippen MR) is 66.5 cm³/mol. The highest BCUT2D eigenvalue weighted by Gasteiger charge is 2.15. The van der Waals surface area contributed by atoms with Crippen molar-refractivity contribution in [2.45, 2.75) is 52.0 Å². The van der Waals surface area contributed by atoms with Crippen LogP contribution in [0.25, 0.3) is 0 Å². The predicted octanol–water partition coefficient (Wildman–Crippen LogP) is 1.12. The summed E-state index contributed by atoms with van der Waals surface area (Å²) in [5, 5.41) is 11.1. The van der Waals surface area contributed by atoms with Crippen LogP contribution in [0.3, 0.4) is 0 Å². The first-order valence-corrected chi connectivity index (χ1v) is 6.23. The van der Waals surface area contributed by atoms with E-state index in [4.69, 9.17) is 10.8 Å². The number of amides is 1. The van der Waals surface area contributed by atoms with Crippen molar-refractivity contribution in [1.82, 2.24) is 5.32 Å². The summed E-state index contributed by atoms with van der Waals surface area (Å²) in [5.74, 6) is -0.737. The summed E-state index contributed by atoms with van der Waals surface area (Å²) >= 11 is 0. The Morgan fingerprint density at radius 3 is 2.41 bits per heavy atom. The molecule has 0 saturated carbocycles. The van der Waals surface area contributed by atoms with Crippen LogP contribution in [-0.2, 0) is 9.59 Å². The van der Waals surface area contributed by atoms with Gasteiger partial charge >= 0.3 is 5.97 Å². The molecule has 1 amide bonds. The molecule has 1 unspecified atom stereocenters. The number of hydrogen-bond acceptors (Lipinski definition) is 3. The van der Waals surface area contributed by atoms with Crippen LogP contribution in [0.2, 0.25) is 0 Å². The molecule has 0 aliphatic rings. The molecular weight excluding hydrogens is 220 g/mol. The lowest BCUT2D eigenvalue weighted by Crippen LogP contribution is -2.38. The van der Waals surface area contributed by atoms with Gasteiger partial charge in [-0.15, -0.1) is 0 Å². The van der Waals surface area contributed by atoms with E-state index >= 15 is 0 Å². The largest absolute Gasteiger partial charge is 0.480 e. The van der Waals surface area contributed by atoms with E-state index < -0.39 is 12.0 Å². The lowest BCUT2D eigenvalue weighted by molar-refractivity contribution is -0.141. The van der Waals surface area contributed by atoms with Crippen LogP contribution in [0.1, 0.15) is 46.0 Å². The minimum atomic E-state index is -1.01. The average molecular weight is 244 g/mol. The summed E-state index contributed by atoms with van der Waals surface area (Å²) in [4.78, 5) is 22.0. The van der Waals surface area contributed by atoms with Crippen LogP contribution in [0.15, 0.2) is 0 Å². The maximum absolute atomic E-state index is 11.5. The standard InChI is InChI=1S/C12H24N2O3/c1-3-4-10(7-8-13)5-6-11(15)14-9(2)12(16)17/h9-10H,3-8,13H2,1-2H3,(H,14,15)(H,16,17)/t9-,10?/m1/s1. The molecule has 2 atom stereocenters. The SMILES string of the molecule is CCCC(CCN)CCC(=O)N[C@H](C)C(=O)O. The first-order chi connectivity index (χ1) is 8.01. The minimum Gasteiger partial charge on any atom is -0.480 e. The summed E-state index contributed by atoms with van der Waals surface area (Å²) in [6.07, 6.45) is 4.23. The average Bonchev–Trinajstić information content (AvgIpc) is 2.26. The van der Waals surface area contributed by atoms with E-state index in [0.717, 1.165) is 25.7 Å². The van der Waals surface area contributed by atoms with Crippen molar-refractivity contribution in [1.29, 1.82) is 0 Å². The summed E-state index contributed by atoms with van der Waals surface area (Å²) in [5.41, 5.74) is 5.51. The maximum Gasteiger partial charge on any atom is 0.325 e. The van der Waals surface area contributed by atoms with Crippen molar-refractivity contribution in [2.24, 2.45) is 11.7 Å². The van der Waals surface area contributed by atoms with Crippen LogP contribution in [0.5, 0.6) is 0 Å². The van der Waals surface area contributed by atoms with E-state index in [1.54, 1.807) is 0 Å². The molecule has 0 fully saturated rings. The summed E-state index contributed by atoms with van der Waals surface area (Å²) in [6.45, 7) is 4.21. The van der Waals surface area contributed by atoms with E-state index in [0.29, 0.717) is 18.9 Å². The third kappa shape index (κ3) is 7.74. The lowest BCUT2D eigenvalue weighted by atomic mass is 9.94. The van der Waals surface area contributed by atoms with Gasteiger partial charge in [0.25, 0.3) is 0 Å². The molecule has 17 heavy (non-hydrogen) atoms. The van der Waals surface area contributed by atoms with Gasteiger partial charge in [0, 0.05) is 6.42 Å². The molecule has 0 heterocycles. The van der Waals surface area contributed by atoms with Crippen LogP contribution in [-0.4, -0.2) is 29.6 Å². The Balaban J connectivity index is 3.90. The number of aliphatic carboxylic acids is 1. The molecule has 0 aliphatic carbocycles. The second-order valence-electron chi connectivity index (χ2n) is 4.40. The van der Waals surface area contributed by atoms with E-state index in [1.807, 2.05) is 0 Å². The van der Waals surface area contributed by atoms with Gasteiger partial charge in [-0.1, -0.05) is 19.8 Å². The minimum absolute atomic E-state index is 0.196. The molecule has 5 heteroatoms. The molecule has 0 aliphatic heterocycles. The molecule has 0 saturated heterocycles.